The third-order valence-corrected chi connectivity index (χ3v) is 5.37. The van der Waals surface area contributed by atoms with Crippen LogP contribution in [-0.2, 0) is 9.05 Å². The van der Waals surface area contributed by atoms with Gasteiger partial charge in [0, 0.05) is 16.2 Å². The standard InChI is InChI=1S/C13H14Cl2FNO3S/c1-13(4-2-3-5-13)17-12(18)9-6-8(21(15,19)20)7-10(16)11(9)14/h6-7H,2-5H2,1H3,(H,17,18). The molecule has 0 atom stereocenters. The number of benzene rings is 1. The first-order chi connectivity index (χ1) is 9.62. The molecule has 4 nitrogen and oxygen atoms in total. The van der Waals surface area contributed by atoms with Crippen molar-refractivity contribution in [1.29, 1.82) is 0 Å². The maximum atomic E-state index is 13.7. The quantitative estimate of drug-likeness (QED) is 0.846. The summed E-state index contributed by atoms with van der Waals surface area (Å²) in [7, 11) is 1.04. The molecule has 1 fully saturated rings. The van der Waals surface area contributed by atoms with Crippen LogP contribution in [0.1, 0.15) is 43.0 Å². The average Bonchev–Trinajstić information content (AvgIpc) is 2.77. The lowest BCUT2D eigenvalue weighted by molar-refractivity contribution is 0.0907. The van der Waals surface area contributed by atoms with Crippen molar-refractivity contribution in [2.75, 3.05) is 0 Å². The van der Waals surface area contributed by atoms with E-state index in [-0.39, 0.29) is 11.1 Å². The van der Waals surface area contributed by atoms with E-state index in [9.17, 15) is 17.6 Å². The number of hydrogen-bond donors (Lipinski definition) is 1. The zero-order valence-electron chi connectivity index (χ0n) is 11.3. The third-order valence-electron chi connectivity index (χ3n) is 3.65. The fourth-order valence-corrected chi connectivity index (χ4v) is 3.46. The summed E-state index contributed by atoms with van der Waals surface area (Å²) in [6.45, 7) is 1.89. The van der Waals surface area contributed by atoms with Crippen molar-refractivity contribution >= 4 is 37.2 Å². The van der Waals surface area contributed by atoms with Gasteiger partial charge in [-0.25, -0.2) is 12.8 Å². The number of amides is 1. The first-order valence-electron chi connectivity index (χ1n) is 6.39. The van der Waals surface area contributed by atoms with Crippen molar-refractivity contribution in [3.8, 4) is 0 Å². The molecule has 0 bridgehead atoms. The van der Waals surface area contributed by atoms with Crippen molar-refractivity contribution in [2.24, 2.45) is 0 Å². The highest BCUT2D eigenvalue weighted by Gasteiger charge is 2.31. The molecule has 116 valence electrons. The van der Waals surface area contributed by atoms with Crippen molar-refractivity contribution in [3.05, 3.63) is 28.5 Å². The molecule has 0 spiro atoms. The van der Waals surface area contributed by atoms with Gasteiger partial charge in [0.15, 0.2) is 0 Å². The molecular formula is C13H14Cl2FNO3S. The molecule has 0 aromatic heterocycles. The number of carbonyl (C=O) groups excluding carboxylic acids is 1. The van der Waals surface area contributed by atoms with Gasteiger partial charge in [0.2, 0.25) is 0 Å². The Kier molecular flexibility index (Phi) is 4.52. The largest absolute Gasteiger partial charge is 0.347 e. The van der Waals surface area contributed by atoms with E-state index in [0.29, 0.717) is 6.07 Å². The molecule has 0 unspecified atom stereocenters. The van der Waals surface area contributed by atoms with Crippen LogP contribution < -0.4 is 5.32 Å². The monoisotopic (exact) mass is 353 g/mol. The second-order valence-corrected chi connectivity index (χ2v) is 8.37. The van der Waals surface area contributed by atoms with Gasteiger partial charge >= 0.3 is 0 Å². The maximum absolute atomic E-state index is 13.7. The summed E-state index contributed by atoms with van der Waals surface area (Å²) in [5.41, 5.74) is -0.615. The summed E-state index contributed by atoms with van der Waals surface area (Å²) >= 11 is 5.77. The fraction of sp³-hybridized carbons (Fsp3) is 0.462. The normalized spacial score (nSPS) is 17.7. The van der Waals surface area contributed by atoms with Gasteiger partial charge in [0.1, 0.15) is 5.82 Å². The van der Waals surface area contributed by atoms with Gasteiger partial charge in [-0.2, -0.15) is 0 Å². The predicted octanol–water partition coefficient (Wildman–Crippen LogP) is 3.47. The Bertz CT molecular complexity index is 685. The van der Waals surface area contributed by atoms with Gasteiger partial charge in [0.05, 0.1) is 15.5 Å². The first kappa shape index (κ1) is 16.5. The van der Waals surface area contributed by atoms with E-state index < -0.39 is 30.7 Å². The lowest BCUT2D eigenvalue weighted by atomic mass is 10.00. The molecule has 8 heteroatoms. The Labute approximate surface area is 132 Å². The minimum Gasteiger partial charge on any atom is -0.347 e. The van der Waals surface area contributed by atoms with Crippen LogP contribution in [0.4, 0.5) is 4.39 Å². The summed E-state index contributed by atoms with van der Waals surface area (Å²) in [5, 5.41) is 2.37. The molecule has 0 heterocycles. The molecule has 0 saturated heterocycles. The van der Waals surface area contributed by atoms with Crippen LogP contribution in [0.2, 0.25) is 5.02 Å². The number of nitrogens with one attached hydrogen (secondary N) is 1. The number of carbonyl (C=O) groups is 1. The van der Waals surface area contributed by atoms with E-state index in [0.717, 1.165) is 31.7 Å². The summed E-state index contributed by atoms with van der Waals surface area (Å²) in [6, 6.07) is 1.68. The van der Waals surface area contributed by atoms with E-state index >= 15 is 0 Å². The third kappa shape index (κ3) is 3.67. The molecule has 1 aromatic carbocycles. The lowest BCUT2D eigenvalue weighted by Crippen LogP contribution is -2.43. The Hall–Kier alpha value is -0.850. The highest BCUT2D eigenvalue weighted by atomic mass is 35.7. The Morgan fingerprint density at radius 3 is 2.43 bits per heavy atom. The predicted molar refractivity (Wildman–Crippen MR) is 78.8 cm³/mol. The van der Waals surface area contributed by atoms with Gasteiger partial charge in [-0.1, -0.05) is 24.4 Å². The van der Waals surface area contributed by atoms with Gasteiger partial charge in [-0.15, -0.1) is 0 Å². The molecule has 1 amide bonds. The SMILES string of the molecule is CC1(NC(=O)c2cc(S(=O)(=O)Cl)cc(F)c2Cl)CCCC1. The summed E-state index contributed by atoms with van der Waals surface area (Å²) in [6.07, 6.45) is 3.61. The van der Waals surface area contributed by atoms with Crippen LogP contribution in [0.25, 0.3) is 0 Å². The van der Waals surface area contributed by atoms with Gasteiger partial charge < -0.3 is 5.32 Å². The van der Waals surface area contributed by atoms with Crippen LogP contribution in [0, 0.1) is 5.82 Å². The zero-order chi connectivity index (χ0) is 15.8. The Balaban J connectivity index is 2.38. The summed E-state index contributed by atoms with van der Waals surface area (Å²) < 4.78 is 36.3. The second kappa shape index (κ2) is 5.74. The molecule has 0 aliphatic heterocycles. The molecule has 21 heavy (non-hydrogen) atoms. The van der Waals surface area contributed by atoms with Crippen LogP contribution in [0.3, 0.4) is 0 Å². The second-order valence-electron chi connectivity index (χ2n) is 5.43. The number of halogens is 3. The molecule has 2 rings (SSSR count). The van der Waals surface area contributed by atoms with Gasteiger partial charge in [-0.3, -0.25) is 4.79 Å². The highest BCUT2D eigenvalue weighted by molar-refractivity contribution is 8.13. The van der Waals surface area contributed by atoms with Crippen molar-refractivity contribution in [1.82, 2.24) is 5.32 Å². The van der Waals surface area contributed by atoms with Crippen molar-refractivity contribution < 1.29 is 17.6 Å². The molecule has 0 radical (unpaired) electrons. The van der Waals surface area contributed by atoms with Gasteiger partial charge in [-0.05, 0) is 31.9 Å². The highest BCUT2D eigenvalue weighted by Crippen LogP contribution is 2.31. The van der Waals surface area contributed by atoms with Crippen molar-refractivity contribution in [3.63, 3.8) is 0 Å². The first-order valence-corrected chi connectivity index (χ1v) is 9.07. The van der Waals surface area contributed by atoms with Crippen LogP contribution in [-0.4, -0.2) is 19.9 Å². The molecule has 1 aliphatic rings. The summed E-state index contributed by atoms with van der Waals surface area (Å²) in [5.74, 6) is -1.61. The van der Waals surface area contributed by atoms with Crippen LogP contribution >= 0.6 is 22.3 Å². The minimum absolute atomic E-state index is 0.232. The Morgan fingerprint density at radius 1 is 1.33 bits per heavy atom. The minimum atomic E-state index is -4.15. The zero-order valence-corrected chi connectivity index (χ0v) is 13.6. The van der Waals surface area contributed by atoms with E-state index in [1.807, 2.05) is 6.92 Å². The average molecular weight is 354 g/mol. The summed E-state index contributed by atoms with van der Waals surface area (Å²) in [4.78, 5) is 11.8. The van der Waals surface area contributed by atoms with E-state index in [4.69, 9.17) is 22.3 Å². The number of hydrogen-bond acceptors (Lipinski definition) is 3. The van der Waals surface area contributed by atoms with E-state index in [1.165, 1.54) is 0 Å². The van der Waals surface area contributed by atoms with Crippen LogP contribution in [0.15, 0.2) is 17.0 Å². The Morgan fingerprint density at radius 2 is 1.90 bits per heavy atom. The molecular weight excluding hydrogens is 340 g/mol. The molecule has 1 saturated carbocycles. The maximum Gasteiger partial charge on any atom is 0.261 e. The van der Waals surface area contributed by atoms with Gasteiger partial charge in [0.25, 0.3) is 15.0 Å². The molecule has 1 aliphatic carbocycles. The lowest BCUT2D eigenvalue weighted by Gasteiger charge is -2.25. The van der Waals surface area contributed by atoms with E-state index in [1.54, 1.807) is 0 Å². The van der Waals surface area contributed by atoms with Crippen LogP contribution in [0.5, 0.6) is 0 Å². The number of rotatable bonds is 3. The topological polar surface area (TPSA) is 63.2 Å². The fourth-order valence-electron chi connectivity index (χ4n) is 2.49. The smallest absolute Gasteiger partial charge is 0.261 e. The van der Waals surface area contributed by atoms with E-state index in [2.05, 4.69) is 5.32 Å². The molecule has 1 aromatic rings. The van der Waals surface area contributed by atoms with Crippen molar-refractivity contribution in [2.45, 2.75) is 43.0 Å². The molecule has 1 N–H and O–H groups in total.